The van der Waals surface area contributed by atoms with Gasteiger partial charge in [-0.2, -0.15) is 0 Å². The molecule has 2 aromatic heterocycles. The number of thiophene rings is 1. The van der Waals surface area contributed by atoms with Crippen molar-refractivity contribution in [1.29, 1.82) is 0 Å². The fourth-order valence-corrected chi connectivity index (χ4v) is 4.46. The lowest BCUT2D eigenvalue weighted by Gasteiger charge is -2.16. The Morgan fingerprint density at radius 2 is 2.16 bits per heavy atom. The van der Waals surface area contributed by atoms with Crippen LogP contribution in [0.2, 0.25) is 0 Å². The summed E-state index contributed by atoms with van der Waals surface area (Å²) >= 11 is 1.62. The minimum absolute atomic E-state index is 0.0213. The van der Waals surface area contributed by atoms with Crippen LogP contribution in [0.3, 0.4) is 0 Å². The Kier molecular flexibility index (Phi) is 4.29. The predicted octanol–water partition coefficient (Wildman–Crippen LogP) is 2.24. The summed E-state index contributed by atoms with van der Waals surface area (Å²) in [4.78, 5) is 31.9. The summed E-state index contributed by atoms with van der Waals surface area (Å²) in [6, 6.07) is 7.79. The van der Waals surface area contributed by atoms with Gasteiger partial charge in [-0.1, -0.05) is 6.07 Å². The van der Waals surface area contributed by atoms with Crippen LogP contribution in [0.4, 0.5) is 0 Å². The molecule has 1 N–H and O–H groups in total. The van der Waals surface area contributed by atoms with Crippen LogP contribution in [0.1, 0.15) is 23.3 Å². The van der Waals surface area contributed by atoms with E-state index in [2.05, 4.69) is 10.3 Å². The number of rotatable bonds is 5. The van der Waals surface area contributed by atoms with Crippen LogP contribution in [0.15, 0.2) is 42.0 Å². The summed E-state index contributed by atoms with van der Waals surface area (Å²) in [6.07, 6.45) is 5.78. The maximum absolute atomic E-state index is 12.4. The molecule has 1 saturated heterocycles. The van der Waals surface area contributed by atoms with Crippen LogP contribution in [-0.4, -0.2) is 34.8 Å². The van der Waals surface area contributed by atoms with Gasteiger partial charge >= 0.3 is 0 Å². The molecule has 6 heteroatoms. The van der Waals surface area contributed by atoms with Crippen molar-refractivity contribution in [2.75, 3.05) is 13.1 Å². The summed E-state index contributed by atoms with van der Waals surface area (Å²) in [5.74, 6) is 0.348. The molecule has 0 bridgehead atoms. The van der Waals surface area contributed by atoms with Crippen molar-refractivity contribution >= 4 is 23.2 Å². The highest BCUT2D eigenvalue weighted by atomic mass is 32.1. The normalized spacial score (nSPS) is 24.5. The third-order valence-corrected chi connectivity index (χ3v) is 6.24. The lowest BCUT2D eigenvalue weighted by molar-refractivity contribution is -0.130. The first-order valence-electron chi connectivity index (χ1n) is 8.63. The van der Waals surface area contributed by atoms with Crippen molar-refractivity contribution in [2.45, 2.75) is 25.8 Å². The van der Waals surface area contributed by atoms with Gasteiger partial charge in [0.05, 0.1) is 6.42 Å². The molecule has 0 unspecified atom stereocenters. The van der Waals surface area contributed by atoms with Crippen molar-refractivity contribution in [3.05, 3.63) is 52.5 Å². The zero-order chi connectivity index (χ0) is 17.3. The molecule has 3 heterocycles. The van der Waals surface area contributed by atoms with Gasteiger partial charge in [0.15, 0.2) is 0 Å². The van der Waals surface area contributed by atoms with Crippen molar-refractivity contribution in [3.8, 4) is 0 Å². The quantitative estimate of drug-likeness (QED) is 0.895. The molecule has 1 saturated carbocycles. The summed E-state index contributed by atoms with van der Waals surface area (Å²) in [5.41, 5.74) is 1.07. The summed E-state index contributed by atoms with van der Waals surface area (Å²) in [6.45, 7) is 2.04. The molecule has 25 heavy (non-hydrogen) atoms. The third-order valence-electron chi connectivity index (χ3n) is 5.37. The molecule has 1 aliphatic heterocycles. The van der Waals surface area contributed by atoms with E-state index in [9.17, 15) is 9.59 Å². The second-order valence-corrected chi connectivity index (χ2v) is 8.05. The van der Waals surface area contributed by atoms with Crippen molar-refractivity contribution in [1.82, 2.24) is 15.2 Å². The van der Waals surface area contributed by atoms with E-state index >= 15 is 0 Å². The van der Waals surface area contributed by atoms with Crippen molar-refractivity contribution in [2.24, 2.45) is 11.3 Å². The van der Waals surface area contributed by atoms with Crippen molar-refractivity contribution < 1.29 is 9.59 Å². The number of pyridine rings is 1. The van der Waals surface area contributed by atoms with Gasteiger partial charge in [0.2, 0.25) is 11.8 Å². The molecule has 2 aromatic rings. The molecular weight excluding hydrogens is 334 g/mol. The summed E-state index contributed by atoms with van der Waals surface area (Å²) in [5, 5.41) is 5.02. The zero-order valence-electron chi connectivity index (χ0n) is 14.0. The van der Waals surface area contributed by atoms with E-state index < -0.39 is 0 Å². The number of nitrogens with one attached hydrogen (secondary N) is 1. The average molecular weight is 355 g/mol. The van der Waals surface area contributed by atoms with E-state index in [0.717, 1.165) is 36.4 Å². The van der Waals surface area contributed by atoms with E-state index in [1.807, 2.05) is 34.5 Å². The maximum atomic E-state index is 12.4. The van der Waals surface area contributed by atoms with Gasteiger partial charge in [-0.15, -0.1) is 11.3 Å². The lowest BCUT2D eigenvalue weighted by Crippen LogP contribution is -2.32. The van der Waals surface area contributed by atoms with Crippen LogP contribution < -0.4 is 5.32 Å². The molecule has 0 radical (unpaired) electrons. The molecule has 0 aromatic carbocycles. The molecule has 4 rings (SSSR count). The number of aromatic nitrogens is 1. The molecule has 5 nitrogen and oxygen atoms in total. The smallest absolute Gasteiger partial charge is 0.227 e. The van der Waals surface area contributed by atoms with Crippen LogP contribution in [0, 0.1) is 11.3 Å². The SMILES string of the molecule is O=C(NCc1ccncc1)[C@@H]1C[C@]12CCN(C(=O)Cc1cccs1)C2. The number of hydrogen-bond acceptors (Lipinski definition) is 4. The second kappa shape index (κ2) is 6.59. The number of carbonyl (C=O) groups is 2. The lowest BCUT2D eigenvalue weighted by atomic mass is 10.0. The molecule has 2 atom stereocenters. The molecule has 1 spiro atoms. The van der Waals surface area contributed by atoms with Gasteiger partial charge in [0, 0.05) is 48.2 Å². The summed E-state index contributed by atoms with van der Waals surface area (Å²) < 4.78 is 0. The highest BCUT2D eigenvalue weighted by Gasteiger charge is 2.61. The minimum atomic E-state index is 0.0213. The Bertz CT molecular complexity index is 762. The monoisotopic (exact) mass is 355 g/mol. The number of carbonyl (C=O) groups excluding carboxylic acids is 2. The fourth-order valence-electron chi connectivity index (χ4n) is 3.77. The molecule has 1 aliphatic carbocycles. The van der Waals surface area contributed by atoms with Gasteiger partial charge in [-0.3, -0.25) is 14.6 Å². The zero-order valence-corrected chi connectivity index (χ0v) is 14.8. The largest absolute Gasteiger partial charge is 0.352 e. The molecule has 130 valence electrons. The van der Waals surface area contributed by atoms with Crippen molar-refractivity contribution in [3.63, 3.8) is 0 Å². The number of nitrogens with zero attached hydrogens (tertiary/aromatic N) is 2. The van der Waals surface area contributed by atoms with Crippen LogP contribution in [0.5, 0.6) is 0 Å². The van der Waals surface area contributed by atoms with Crippen LogP contribution in [-0.2, 0) is 22.6 Å². The molecule has 2 fully saturated rings. The second-order valence-electron chi connectivity index (χ2n) is 7.01. The summed E-state index contributed by atoms with van der Waals surface area (Å²) in [7, 11) is 0. The van der Waals surface area contributed by atoms with Crippen LogP contribution in [0.25, 0.3) is 0 Å². The Morgan fingerprint density at radius 1 is 1.32 bits per heavy atom. The van der Waals surface area contributed by atoms with E-state index in [-0.39, 0.29) is 23.1 Å². The topological polar surface area (TPSA) is 62.3 Å². The molecule has 2 aliphatic rings. The van der Waals surface area contributed by atoms with Gasteiger partial charge in [0.1, 0.15) is 0 Å². The Labute approximate surface area is 151 Å². The predicted molar refractivity (Wildman–Crippen MR) is 95.8 cm³/mol. The van der Waals surface area contributed by atoms with Gasteiger partial charge in [0.25, 0.3) is 0 Å². The molecular formula is C19H21N3O2S. The number of likely N-dealkylation sites (tertiary alicyclic amines) is 1. The first-order chi connectivity index (χ1) is 12.2. The van der Waals surface area contributed by atoms with E-state index in [1.54, 1.807) is 23.7 Å². The Morgan fingerprint density at radius 3 is 2.92 bits per heavy atom. The first-order valence-corrected chi connectivity index (χ1v) is 9.51. The number of hydrogen-bond donors (Lipinski definition) is 1. The van der Waals surface area contributed by atoms with Crippen LogP contribution >= 0.6 is 11.3 Å². The van der Waals surface area contributed by atoms with Gasteiger partial charge < -0.3 is 10.2 Å². The minimum Gasteiger partial charge on any atom is -0.352 e. The molecule has 2 amide bonds. The highest BCUT2D eigenvalue weighted by Crippen LogP contribution is 2.58. The Balaban J connectivity index is 1.28. The maximum Gasteiger partial charge on any atom is 0.227 e. The van der Waals surface area contributed by atoms with Gasteiger partial charge in [-0.05, 0) is 42.0 Å². The Hall–Kier alpha value is -2.21. The van der Waals surface area contributed by atoms with Gasteiger partial charge in [-0.25, -0.2) is 0 Å². The average Bonchev–Trinajstić information content (AvgIpc) is 2.96. The fraction of sp³-hybridized carbons (Fsp3) is 0.421. The first kappa shape index (κ1) is 16.3. The third kappa shape index (κ3) is 3.44. The highest BCUT2D eigenvalue weighted by molar-refractivity contribution is 7.10. The van der Waals surface area contributed by atoms with E-state index in [1.165, 1.54) is 0 Å². The van der Waals surface area contributed by atoms with E-state index in [4.69, 9.17) is 0 Å². The number of amides is 2. The standard InChI is InChI=1S/C19H21N3O2S/c23-17(10-15-2-1-9-25-15)22-8-5-19(13-22)11-16(19)18(24)21-12-14-3-6-20-7-4-14/h1-4,6-7,9,16H,5,8,10-13H2,(H,21,24)/t16-,19-/m0/s1. The van der Waals surface area contributed by atoms with E-state index in [0.29, 0.717) is 13.0 Å².